The largest absolute Gasteiger partial charge is 0.353 e. The van der Waals surface area contributed by atoms with Crippen LogP contribution >= 0.6 is 0 Å². The Balaban J connectivity index is 1.53. The second-order valence-electron chi connectivity index (χ2n) is 9.10. The first-order valence-corrected chi connectivity index (χ1v) is 11.7. The van der Waals surface area contributed by atoms with Crippen LogP contribution in [0.1, 0.15) is 35.0 Å². The third-order valence-corrected chi connectivity index (χ3v) is 7.12. The number of anilines is 1. The van der Waals surface area contributed by atoms with Gasteiger partial charge in [-0.2, -0.15) is 0 Å². The van der Waals surface area contributed by atoms with Gasteiger partial charge in [-0.1, -0.05) is 72.8 Å². The minimum atomic E-state index is -0.411. The lowest BCUT2D eigenvalue weighted by Gasteiger charge is -2.38. The highest BCUT2D eigenvalue weighted by Crippen LogP contribution is 2.47. The summed E-state index contributed by atoms with van der Waals surface area (Å²) in [6, 6.07) is 29.0. The van der Waals surface area contributed by atoms with Crippen molar-refractivity contribution in [2.24, 2.45) is 5.92 Å². The van der Waals surface area contributed by atoms with Gasteiger partial charge in [0.25, 0.3) is 0 Å². The highest BCUT2D eigenvalue weighted by molar-refractivity contribution is 6.07. The lowest BCUT2D eigenvalue weighted by molar-refractivity contribution is -0.120. The molecule has 3 aromatic carbocycles. The highest BCUT2D eigenvalue weighted by atomic mass is 16.1. The third kappa shape index (κ3) is 3.26. The molecule has 4 aromatic rings. The zero-order valence-electron chi connectivity index (χ0n) is 18.9. The number of Topliss-reactive ketones (excluding diaryl/α,β-unsaturated/α-hetero) is 2. The molecule has 1 saturated heterocycles. The molecule has 4 nitrogen and oxygen atoms in total. The van der Waals surface area contributed by atoms with Crippen molar-refractivity contribution >= 4 is 39.8 Å². The summed E-state index contributed by atoms with van der Waals surface area (Å²) in [6.45, 7) is 1.64. The number of rotatable bonds is 4. The van der Waals surface area contributed by atoms with Crippen molar-refractivity contribution < 1.29 is 9.59 Å². The molecule has 6 rings (SSSR count). The Morgan fingerprint density at radius 1 is 0.853 bits per heavy atom. The molecule has 0 unspecified atom stereocenters. The minimum absolute atomic E-state index is 0.0527. The number of carbonyl (C=O) groups excluding carboxylic acids is 2. The molecule has 0 bridgehead atoms. The van der Waals surface area contributed by atoms with Crippen molar-refractivity contribution in [3.63, 3.8) is 0 Å². The summed E-state index contributed by atoms with van der Waals surface area (Å²) in [7, 11) is 0. The molecule has 1 fully saturated rings. The lowest BCUT2D eigenvalue weighted by Crippen LogP contribution is -2.44. The van der Waals surface area contributed by atoms with E-state index in [0.29, 0.717) is 12.0 Å². The van der Waals surface area contributed by atoms with E-state index in [1.54, 1.807) is 6.92 Å². The summed E-state index contributed by atoms with van der Waals surface area (Å²) in [4.78, 5) is 33.8. The number of pyridine rings is 1. The number of hydrogen-bond donors (Lipinski definition) is 0. The summed E-state index contributed by atoms with van der Waals surface area (Å²) >= 11 is 0. The summed E-state index contributed by atoms with van der Waals surface area (Å²) < 4.78 is 0. The van der Waals surface area contributed by atoms with E-state index in [-0.39, 0.29) is 23.5 Å². The predicted octanol–water partition coefficient (Wildman–Crippen LogP) is 5.82. The van der Waals surface area contributed by atoms with E-state index in [0.717, 1.165) is 33.4 Å². The van der Waals surface area contributed by atoms with Crippen molar-refractivity contribution in [2.45, 2.75) is 25.4 Å². The van der Waals surface area contributed by atoms with Gasteiger partial charge in [0.15, 0.2) is 5.78 Å². The molecular weight excluding hydrogens is 420 g/mol. The van der Waals surface area contributed by atoms with E-state index in [9.17, 15) is 9.59 Å². The van der Waals surface area contributed by atoms with Crippen LogP contribution in [0.5, 0.6) is 0 Å². The maximum absolute atomic E-state index is 13.7. The number of carbonyl (C=O) groups is 2. The second kappa shape index (κ2) is 8.07. The van der Waals surface area contributed by atoms with Crippen LogP contribution in [0.2, 0.25) is 0 Å². The Morgan fingerprint density at radius 2 is 1.59 bits per heavy atom. The lowest BCUT2D eigenvalue weighted by atomic mass is 9.85. The van der Waals surface area contributed by atoms with Crippen LogP contribution in [0.15, 0.2) is 91.0 Å². The molecular formula is C30H24N2O2. The molecule has 1 aromatic heterocycles. The van der Waals surface area contributed by atoms with Gasteiger partial charge in [0, 0.05) is 28.1 Å². The van der Waals surface area contributed by atoms with Crippen LogP contribution in [0.4, 0.5) is 5.69 Å². The van der Waals surface area contributed by atoms with Gasteiger partial charge in [0.05, 0.1) is 23.3 Å². The van der Waals surface area contributed by atoms with E-state index < -0.39 is 6.04 Å². The maximum atomic E-state index is 13.7. The van der Waals surface area contributed by atoms with Crippen molar-refractivity contribution in [2.75, 3.05) is 4.90 Å². The van der Waals surface area contributed by atoms with Gasteiger partial charge in [0.2, 0.25) is 0 Å². The maximum Gasteiger partial charge on any atom is 0.185 e. The first kappa shape index (κ1) is 20.5. The first-order chi connectivity index (χ1) is 16.6. The fourth-order valence-electron chi connectivity index (χ4n) is 5.52. The van der Waals surface area contributed by atoms with Gasteiger partial charge < -0.3 is 4.90 Å². The Bertz CT molecular complexity index is 1460. The number of nitrogens with zero attached hydrogens (tertiary/aromatic N) is 2. The second-order valence-corrected chi connectivity index (χ2v) is 9.10. The van der Waals surface area contributed by atoms with E-state index in [2.05, 4.69) is 29.2 Å². The van der Waals surface area contributed by atoms with Crippen molar-refractivity contribution in [1.29, 1.82) is 0 Å². The molecule has 0 amide bonds. The standard InChI is InChI=1S/C30H24N2O2/c1-19(33)23-18-28(30(34)21-10-3-2-4-11-21)32-27-14-8-6-12-22(27)17-24(29(23)32)26-16-15-20-9-5-7-13-25(20)31-26/h2-17,23,28-29H,18H2,1H3/t23-,28+,29-/m0/s1. The van der Waals surface area contributed by atoms with Crippen LogP contribution in [0.3, 0.4) is 0 Å². The van der Waals surface area contributed by atoms with Crippen LogP contribution in [0.25, 0.3) is 22.6 Å². The number of hydrogen-bond acceptors (Lipinski definition) is 4. The molecule has 0 N–H and O–H groups in total. The van der Waals surface area contributed by atoms with E-state index in [1.807, 2.05) is 72.8 Å². The Labute approximate surface area is 198 Å². The summed E-state index contributed by atoms with van der Waals surface area (Å²) in [5.74, 6) is -0.133. The van der Waals surface area contributed by atoms with E-state index in [4.69, 9.17) is 4.98 Å². The SMILES string of the molecule is CC(=O)[C@@H]1C[C@H](C(=O)c2ccccc2)N2c3ccccc3C=C(c3ccc4ccccc4n3)[C@H]12. The van der Waals surface area contributed by atoms with E-state index >= 15 is 0 Å². The van der Waals surface area contributed by atoms with Gasteiger partial charge in [-0.25, -0.2) is 4.98 Å². The van der Waals surface area contributed by atoms with Gasteiger partial charge in [-0.05, 0) is 43.2 Å². The van der Waals surface area contributed by atoms with Crippen LogP contribution in [0, 0.1) is 5.92 Å². The zero-order valence-corrected chi connectivity index (χ0v) is 18.9. The van der Waals surface area contributed by atoms with E-state index in [1.165, 1.54) is 0 Å². The summed E-state index contributed by atoms with van der Waals surface area (Å²) in [5.41, 5.74) is 5.47. The smallest absolute Gasteiger partial charge is 0.185 e. The topological polar surface area (TPSA) is 50.3 Å². The molecule has 2 aliphatic rings. The molecule has 0 saturated carbocycles. The molecule has 0 radical (unpaired) electrons. The van der Waals surface area contributed by atoms with Crippen molar-refractivity contribution in [3.8, 4) is 0 Å². The molecule has 0 spiro atoms. The average molecular weight is 445 g/mol. The molecule has 34 heavy (non-hydrogen) atoms. The highest BCUT2D eigenvalue weighted by Gasteiger charge is 2.50. The number of fused-ring (bicyclic) bond motifs is 4. The Morgan fingerprint density at radius 3 is 2.41 bits per heavy atom. The Kier molecular flexibility index (Phi) is 4.88. The van der Waals surface area contributed by atoms with Gasteiger partial charge >= 0.3 is 0 Å². The van der Waals surface area contributed by atoms with Crippen LogP contribution in [-0.4, -0.2) is 28.6 Å². The molecule has 3 atom stereocenters. The van der Waals surface area contributed by atoms with Crippen LogP contribution in [-0.2, 0) is 4.79 Å². The third-order valence-electron chi connectivity index (χ3n) is 7.12. The predicted molar refractivity (Wildman–Crippen MR) is 136 cm³/mol. The fraction of sp³-hybridized carbons (Fsp3) is 0.167. The Hall–Kier alpha value is -4.05. The molecule has 0 aliphatic carbocycles. The number of aromatic nitrogens is 1. The molecule has 2 aliphatic heterocycles. The molecule has 166 valence electrons. The van der Waals surface area contributed by atoms with Gasteiger partial charge in [-0.15, -0.1) is 0 Å². The average Bonchev–Trinajstić information content (AvgIpc) is 3.29. The van der Waals surface area contributed by atoms with Crippen molar-refractivity contribution in [3.05, 3.63) is 108 Å². The summed E-state index contributed by atoms with van der Waals surface area (Å²) in [6.07, 6.45) is 2.64. The first-order valence-electron chi connectivity index (χ1n) is 11.7. The molecule has 4 heteroatoms. The number of para-hydroxylation sites is 2. The number of benzene rings is 3. The van der Waals surface area contributed by atoms with Gasteiger partial charge in [0.1, 0.15) is 5.78 Å². The van der Waals surface area contributed by atoms with Crippen LogP contribution < -0.4 is 4.90 Å². The fourth-order valence-corrected chi connectivity index (χ4v) is 5.52. The quantitative estimate of drug-likeness (QED) is 0.372. The number of ketones is 2. The van der Waals surface area contributed by atoms with Crippen molar-refractivity contribution in [1.82, 2.24) is 4.98 Å². The summed E-state index contributed by atoms with van der Waals surface area (Å²) in [5, 5.41) is 1.08. The monoisotopic (exact) mass is 444 g/mol. The minimum Gasteiger partial charge on any atom is -0.353 e. The normalized spacial score (nSPS) is 21.0. The zero-order chi connectivity index (χ0) is 23.2. The van der Waals surface area contributed by atoms with Gasteiger partial charge in [-0.3, -0.25) is 9.59 Å². The molecule has 3 heterocycles.